The lowest BCUT2D eigenvalue weighted by Gasteiger charge is -2.41. The lowest BCUT2D eigenvalue weighted by molar-refractivity contribution is -0.305. The van der Waals surface area contributed by atoms with Gasteiger partial charge in [0.25, 0.3) is 0 Å². The molecule has 0 radical (unpaired) electrons. The predicted molar refractivity (Wildman–Crippen MR) is 291 cm³/mol. The highest BCUT2D eigenvalue weighted by Crippen LogP contribution is 2.26. The summed E-state index contributed by atoms with van der Waals surface area (Å²) in [7, 11) is 0. The molecule has 0 aromatic heterocycles. The van der Waals surface area contributed by atoms with Crippen LogP contribution >= 0.6 is 0 Å². The van der Waals surface area contributed by atoms with Crippen molar-refractivity contribution in [2.24, 2.45) is 0 Å². The number of allylic oxidation sites excluding steroid dienone is 22. The Morgan fingerprint density at radius 3 is 1.62 bits per heavy atom. The van der Waals surface area contributed by atoms with Crippen LogP contribution in [-0.2, 0) is 23.8 Å². The Morgan fingerprint density at radius 2 is 1.07 bits per heavy atom. The molecule has 71 heavy (non-hydrogen) atoms. The molecule has 6 N–H and O–H groups in total. The van der Waals surface area contributed by atoms with Crippen LogP contribution in [0.1, 0.15) is 156 Å². The van der Waals surface area contributed by atoms with Crippen LogP contribution in [0.4, 0.5) is 0 Å². The number of aliphatic hydroxyl groups excluding tert-OH is 5. The molecule has 0 aromatic rings. The van der Waals surface area contributed by atoms with Crippen LogP contribution in [-0.4, -0.2) is 99.6 Å². The monoisotopic (exact) mass is 988 g/mol. The quantitative estimate of drug-likeness (QED) is 0.0150. The normalized spacial score (nSPS) is 20.8. The van der Waals surface area contributed by atoms with Crippen LogP contribution in [0.3, 0.4) is 0 Å². The minimum atomic E-state index is -1.66. The number of aliphatic hydroxyl groups is 5. The SMILES string of the molecule is CC/C=C\C/C=C\C/C=C\C/C=C\C/C=C\C/C=C\CC(O)C(=O)NC(COC1OC(CO)C(O)C(O)C1OC(=O)CCC/C=C/C=C\C=C/C=C/C=C/CC)C(O)/C=C/CCCCCCCCCCC. The summed E-state index contributed by atoms with van der Waals surface area (Å²) in [6.45, 7) is 5.38. The first-order chi connectivity index (χ1) is 34.7. The average molecular weight is 988 g/mol. The summed E-state index contributed by atoms with van der Waals surface area (Å²) in [5.41, 5.74) is 0. The molecule has 8 atom stereocenters. The second-order valence-electron chi connectivity index (χ2n) is 17.6. The van der Waals surface area contributed by atoms with Crippen molar-refractivity contribution >= 4 is 11.9 Å². The van der Waals surface area contributed by atoms with Crippen molar-refractivity contribution < 1.29 is 49.3 Å². The van der Waals surface area contributed by atoms with Gasteiger partial charge in [-0.05, 0) is 70.6 Å². The number of nitrogens with one attached hydrogen (secondary N) is 1. The average Bonchev–Trinajstić information content (AvgIpc) is 3.37. The van der Waals surface area contributed by atoms with Gasteiger partial charge >= 0.3 is 5.97 Å². The van der Waals surface area contributed by atoms with Crippen molar-refractivity contribution in [1.82, 2.24) is 5.32 Å². The molecule has 0 spiro atoms. The van der Waals surface area contributed by atoms with Gasteiger partial charge < -0.3 is 45.1 Å². The summed E-state index contributed by atoms with van der Waals surface area (Å²) in [4.78, 5) is 26.3. The molecule has 1 saturated heterocycles. The molecule has 1 heterocycles. The van der Waals surface area contributed by atoms with Crippen LogP contribution in [0, 0.1) is 0 Å². The van der Waals surface area contributed by atoms with Gasteiger partial charge in [-0.15, -0.1) is 0 Å². The number of carbonyl (C=O) groups excluding carboxylic acids is 2. The molecule has 1 amide bonds. The molecule has 0 saturated carbocycles. The second-order valence-corrected chi connectivity index (χ2v) is 17.6. The van der Waals surface area contributed by atoms with Gasteiger partial charge in [-0.3, -0.25) is 9.59 Å². The molecule has 11 heteroatoms. The zero-order valence-corrected chi connectivity index (χ0v) is 43.5. The lowest BCUT2D eigenvalue weighted by atomic mass is 9.99. The standard InChI is InChI=1S/C60H93NO10/c1-4-7-10-13-16-19-22-24-25-26-27-28-30-32-35-38-41-44-47-53(64)59(68)61-51(52(63)46-43-40-37-34-31-21-18-15-12-9-6-3)50-69-60-58(57(67)56(66)54(49-62)70-60)71-55(65)48-45-42-39-36-33-29-23-20-17-14-11-8-5-2/h7-8,10-11,14,16-17,19-20,23-25,27-29,32-33,35-36,39,41,43-44,46,51-54,56-58,60,62-64,66-67H,4-6,9,12-13,15,18,21-22,26,30-31,34,37-38,40,42,45,47-50H2,1-3H3,(H,61,68)/b10-7-,11-8+,17-14+,19-16-,23-20-,25-24-,28-27-,33-29-,35-32-,39-36+,44-41-,46-43+. The Morgan fingerprint density at radius 1 is 0.577 bits per heavy atom. The van der Waals surface area contributed by atoms with Crippen molar-refractivity contribution in [2.45, 2.75) is 205 Å². The van der Waals surface area contributed by atoms with Gasteiger partial charge in [0.05, 0.1) is 25.4 Å². The summed E-state index contributed by atoms with van der Waals surface area (Å²) in [5, 5.41) is 56.5. The van der Waals surface area contributed by atoms with E-state index in [9.17, 15) is 35.1 Å². The van der Waals surface area contributed by atoms with Crippen molar-refractivity contribution in [1.29, 1.82) is 0 Å². The summed E-state index contributed by atoms with van der Waals surface area (Å²) in [5.74, 6) is -1.38. The molecule has 1 aliphatic rings. The molecule has 1 rings (SSSR count). The molecule has 11 nitrogen and oxygen atoms in total. The topological polar surface area (TPSA) is 175 Å². The summed E-state index contributed by atoms with van der Waals surface area (Å²) in [6.07, 6.45) is 56.4. The molecule has 8 unspecified atom stereocenters. The molecular formula is C60H93NO10. The van der Waals surface area contributed by atoms with E-state index in [-0.39, 0.29) is 19.4 Å². The van der Waals surface area contributed by atoms with Crippen LogP contribution in [0.15, 0.2) is 146 Å². The van der Waals surface area contributed by atoms with Crippen molar-refractivity contribution in [3.05, 3.63) is 146 Å². The Hall–Kier alpha value is -4.46. The summed E-state index contributed by atoms with van der Waals surface area (Å²) < 4.78 is 17.4. The number of carbonyl (C=O) groups is 2. The van der Waals surface area contributed by atoms with Crippen LogP contribution in [0.2, 0.25) is 0 Å². The molecule has 1 aliphatic heterocycles. The highest BCUT2D eigenvalue weighted by atomic mass is 16.7. The first kappa shape index (κ1) is 64.6. The zero-order valence-electron chi connectivity index (χ0n) is 43.5. The predicted octanol–water partition coefficient (Wildman–Crippen LogP) is 11.5. The van der Waals surface area contributed by atoms with Gasteiger partial charge in [-0.1, -0.05) is 218 Å². The van der Waals surface area contributed by atoms with Gasteiger partial charge in [0.15, 0.2) is 12.4 Å². The molecule has 0 aliphatic carbocycles. The number of unbranched alkanes of at least 4 members (excludes halogenated alkanes) is 10. The summed E-state index contributed by atoms with van der Waals surface area (Å²) >= 11 is 0. The van der Waals surface area contributed by atoms with Gasteiger partial charge in [-0.25, -0.2) is 0 Å². The Bertz CT molecular complexity index is 1700. The Labute approximate surface area is 428 Å². The molecule has 0 bridgehead atoms. The van der Waals surface area contributed by atoms with E-state index in [2.05, 4.69) is 86.8 Å². The van der Waals surface area contributed by atoms with E-state index in [1.54, 1.807) is 12.2 Å². The third-order valence-electron chi connectivity index (χ3n) is 11.4. The fourth-order valence-electron chi connectivity index (χ4n) is 7.16. The highest BCUT2D eigenvalue weighted by Gasteiger charge is 2.47. The largest absolute Gasteiger partial charge is 0.454 e. The van der Waals surface area contributed by atoms with Gasteiger partial charge in [0, 0.05) is 12.8 Å². The van der Waals surface area contributed by atoms with Gasteiger partial charge in [-0.2, -0.15) is 0 Å². The third-order valence-corrected chi connectivity index (χ3v) is 11.4. The van der Waals surface area contributed by atoms with Crippen molar-refractivity contribution in [3.8, 4) is 0 Å². The van der Waals surface area contributed by atoms with E-state index in [1.807, 2.05) is 72.9 Å². The van der Waals surface area contributed by atoms with E-state index in [1.165, 1.54) is 38.5 Å². The number of hydrogen-bond donors (Lipinski definition) is 6. The fourth-order valence-corrected chi connectivity index (χ4v) is 7.16. The van der Waals surface area contributed by atoms with E-state index in [0.29, 0.717) is 19.3 Å². The van der Waals surface area contributed by atoms with Crippen LogP contribution < -0.4 is 5.32 Å². The van der Waals surface area contributed by atoms with E-state index in [4.69, 9.17) is 14.2 Å². The van der Waals surface area contributed by atoms with E-state index in [0.717, 1.165) is 64.2 Å². The molecule has 1 fully saturated rings. The molecule has 0 aromatic carbocycles. The number of amides is 1. The van der Waals surface area contributed by atoms with Crippen molar-refractivity contribution in [3.63, 3.8) is 0 Å². The minimum absolute atomic E-state index is 0.00922. The Balaban J connectivity index is 2.87. The first-order valence-electron chi connectivity index (χ1n) is 26.7. The second kappa shape index (κ2) is 46.6. The Kier molecular flexibility index (Phi) is 42.4. The number of rotatable bonds is 41. The van der Waals surface area contributed by atoms with Gasteiger partial charge in [0.1, 0.15) is 24.4 Å². The number of hydrogen-bond acceptors (Lipinski definition) is 10. The van der Waals surface area contributed by atoms with Crippen LogP contribution in [0.5, 0.6) is 0 Å². The smallest absolute Gasteiger partial charge is 0.306 e. The van der Waals surface area contributed by atoms with Crippen LogP contribution in [0.25, 0.3) is 0 Å². The lowest BCUT2D eigenvalue weighted by Crippen LogP contribution is -2.61. The minimum Gasteiger partial charge on any atom is -0.454 e. The van der Waals surface area contributed by atoms with Gasteiger partial charge in [0.2, 0.25) is 5.91 Å². The maximum absolute atomic E-state index is 13.3. The number of esters is 1. The summed E-state index contributed by atoms with van der Waals surface area (Å²) in [6, 6.07) is -1.09. The maximum Gasteiger partial charge on any atom is 0.306 e. The number of ether oxygens (including phenoxy) is 3. The zero-order chi connectivity index (χ0) is 51.8. The first-order valence-corrected chi connectivity index (χ1v) is 26.7. The maximum atomic E-state index is 13.3. The molecular weight excluding hydrogens is 895 g/mol. The fraction of sp³-hybridized carbons (Fsp3) is 0.567. The highest BCUT2D eigenvalue weighted by molar-refractivity contribution is 5.81. The third kappa shape index (κ3) is 35.3. The molecule has 398 valence electrons. The van der Waals surface area contributed by atoms with E-state index < -0.39 is 67.4 Å². The van der Waals surface area contributed by atoms with E-state index >= 15 is 0 Å². The van der Waals surface area contributed by atoms with Crippen molar-refractivity contribution in [2.75, 3.05) is 13.2 Å².